The average Bonchev–Trinajstić information content (AvgIpc) is 3.07. The van der Waals surface area contributed by atoms with Gasteiger partial charge in [0.1, 0.15) is 30.4 Å². The van der Waals surface area contributed by atoms with Gasteiger partial charge in [-0.1, -0.05) is 30.3 Å². The van der Waals surface area contributed by atoms with Crippen LogP contribution in [0, 0.1) is 6.92 Å². The van der Waals surface area contributed by atoms with Crippen molar-refractivity contribution in [3.63, 3.8) is 0 Å². The van der Waals surface area contributed by atoms with Gasteiger partial charge in [-0.05, 0) is 31.2 Å². The Hall–Kier alpha value is -3.32. The number of ether oxygens (including phenoxy) is 2. The lowest BCUT2D eigenvalue weighted by atomic mass is 10.0. The smallest absolute Gasteiger partial charge is 0.269 e. The van der Waals surface area contributed by atoms with Crippen LogP contribution >= 0.6 is 0 Å². The van der Waals surface area contributed by atoms with Crippen molar-refractivity contribution in [2.45, 2.75) is 6.92 Å². The third kappa shape index (κ3) is 3.84. The maximum Gasteiger partial charge on any atom is 0.269 e. The largest absolute Gasteiger partial charge is 0.490 e. The van der Waals surface area contributed by atoms with Crippen LogP contribution in [0.4, 0.5) is 0 Å². The quantitative estimate of drug-likeness (QED) is 0.262. The van der Waals surface area contributed by atoms with Crippen molar-refractivity contribution >= 4 is 5.91 Å². The maximum atomic E-state index is 12.1. The molecular weight excluding hydrogens is 332 g/mol. The van der Waals surface area contributed by atoms with E-state index in [0.717, 1.165) is 5.75 Å². The summed E-state index contributed by atoms with van der Waals surface area (Å²) in [5.74, 6) is 6.27. The van der Waals surface area contributed by atoms with Crippen molar-refractivity contribution in [3.8, 4) is 22.8 Å². The van der Waals surface area contributed by atoms with E-state index in [1.807, 2.05) is 54.6 Å². The van der Waals surface area contributed by atoms with Gasteiger partial charge in [0, 0.05) is 11.3 Å². The molecule has 0 radical (unpaired) electrons. The number of H-pyrrole nitrogens is 1. The Kier molecular flexibility index (Phi) is 5.50. The summed E-state index contributed by atoms with van der Waals surface area (Å²) in [6.45, 7) is 2.51. The number of aromatic nitrogens is 2. The summed E-state index contributed by atoms with van der Waals surface area (Å²) in [7, 11) is 0. The van der Waals surface area contributed by atoms with Crippen LogP contribution in [0.2, 0.25) is 0 Å². The molecule has 0 atom stereocenters. The standard InChI is InChI=1S/C19H20N4O3/c1-13-17(19(24)21-20)18(23-22-13)15-9-5-6-10-16(15)26-12-11-25-14-7-3-2-4-8-14/h2-10H,11-12,20H2,1H3,(H,21,24)(H,22,23). The number of nitrogens with one attached hydrogen (secondary N) is 2. The Balaban J connectivity index is 1.74. The van der Waals surface area contributed by atoms with Gasteiger partial charge in [0.25, 0.3) is 5.91 Å². The first-order valence-electron chi connectivity index (χ1n) is 8.16. The van der Waals surface area contributed by atoms with Crippen LogP contribution in [-0.2, 0) is 0 Å². The van der Waals surface area contributed by atoms with E-state index in [1.165, 1.54) is 0 Å². The Morgan fingerprint density at radius 3 is 2.54 bits per heavy atom. The Morgan fingerprint density at radius 2 is 1.77 bits per heavy atom. The van der Waals surface area contributed by atoms with Gasteiger partial charge in [0.05, 0.1) is 5.56 Å². The molecule has 0 aliphatic rings. The molecule has 2 aromatic carbocycles. The van der Waals surface area contributed by atoms with Crippen LogP contribution in [0.15, 0.2) is 54.6 Å². The molecule has 1 amide bonds. The highest BCUT2D eigenvalue weighted by atomic mass is 16.5. The van der Waals surface area contributed by atoms with Gasteiger partial charge in [-0.2, -0.15) is 5.10 Å². The predicted molar refractivity (Wildman–Crippen MR) is 97.8 cm³/mol. The summed E-state index contributed by atoms with van der Waals surface area (Å²) in [5, 5.41) is 7.06. The number of hydrogen-bond donors (Lipinski definition) is 3. The van der Waals surface area contributed by atoms with Gasteiger partial charge in [0.15, 0.2) is 0 Å². The number of carbonyl (C=O) groups excluding carboxylic acids is 1. The van der Waals surface area contributed by atoms with Crippen LogP contribution in [0.5, 0.6) is 11.5 Å². The summed E-state index contributed by atoms with van der Waals surface area (Å²) < 4.78 is 11.5. The van der Waals surface area contributed by atoms with Crippen LogP contribution in [0.25, 0.3) is 11.3 Å². The second-order valence-electron chi connectivity index (χ2n) is 5.55. The molecule has 1 aromatic heterocycles. The van der Waals surface area contributed by atoms with Crippen LogP contribution in [0.3, 0.4) is 0 Å². The minimum atomic E-state index is -0.409. The number of nitrogens with zero attached hydrogens (tertiary/aromatic N) is 1. The van der Waals surface area contributed by atoms with Crippen LogP contribution < -0.4 is 20.7 Å². The minimum Gasteiger partial charge on any atom is -0.490 e. The van der Waals surface area contributed by atoms with Crippen molar-refractivity contribution in [1.82, 2.24) is 15.6 Å². The second kappa shape index (κ2) is 8.17. The first-order chi connectivity index (χ1) is 12.7. The van der Waals surface area contributed by atoms with Crippen LogP contribution in [0.1, 0.15) is 16.1 Å². The van der Waals surface area contributed by atoms with E-state index in [4.69, 9.17) is 15.3 Å². The molecule has 1 heterocycles. The third-order valence-corrected chi connectivity index (χ3v) is 3.80. The number of hydrazine groups is 1. The first kappa shape index (κ1) is 17.5. The van der Waals surface area contributed by atoms with Crippen molar-refractivity contribution in [1.29, 1.82) is 0 Å². The van der Waals surface area contributed by atoms with Crippen LogP contribution in [-0.4, -0.2) is 29.3 Å². The molecule has 3 aromatic rings. The minimum absolute atomic E-state index is 0.355. The van der Waals surface area contributed by atoms with Crippen molar-refractivity contribution < 1.29 is 14.3 Å². The molecule has 0 fully saturated rings. The molecule has 3 rings (SSSR count). The maximum absolute atomic E-state index is 12.1. The van der Waals surface area contributed by atoms with E-state index in [-0.39, 0.29) is 0 Å². The van der Waals surface area contributed by atoms with E-state index < -0.39 is 5.91 Å². The number of aryl methyl sites for hydroxylation is 1. The highest BCUT2D eigenvalue weighted by Gasteiger charge is 2.21. The van der Waals surface area contributed by atoms with Crippen molar-refractivity contribution in [3.05, 3.63) is 65.9 Å². The Bertz CT molecular complexity index is 878. The fourth-order valence-electron chi connectivity index (χ4n) is 2.59. The third-order valence-electron chi connectivity index (χ3n) is 3.80. The number of para-hydroxylation sites is 2. The Labute approximate surface area is 151 Å². The van der Waals surface area contributed by atoms with E-state index in [0.29, 0.717) is 41.5 Å². The topological polar surface area (TPSA) is 102 Å². The number of nitrogen functional groups attached to an aromatic ring is 1. The molecule has 0 unspecified atom stereocenters. The number of rotatable bonds is 7. The molecule has 0 aliphatic carbocycles. The van der Waals surface area contributed by atoms with Crippen molar-refractivity contribution in [2.75, 3.05) is 13.2 Å². The van der Waals surface area contributed by atoms with Gasteiger partial charge in [-0.25, -0.2) is 5.84 Å². The van der Waals surface area contributed by atoms with E-state index >= 15 is 0 Å². The van der Waals surface area contributed by atoms with Gasteiger partial charge in [0.2, 0.25) is 0 Å². The van der Waals surface area contributed by atoms with E-state index in [9.17, 15) is 4.79 Å². The molecule has 0 saturated heterocycles. The summed E-state index contributed by atoms with van der Waals surface area (Å²) >= 11 is 0. The van der Waals surface area contributed by atoms with Gasteiger partial charge in [-0.15, -0.1) is 0 Å². The molecule has 7 heteroatoms. The lowest BCUT2D eigenvalue weighted by Crippen LogP contribution is -2.30. The summed E-state index contributed by atoms with van der Waals surface area (Å²) in [6, 6.07) is 16.9. The van der Waals surface area contributed by atoms with Gasteiger partial charge >= 0.3 is 0 Å². The SMILES string of the molecule is Cc1[nH]nc(-c2ccccc2OCCOc2ccccc2)c1C(=O)NN. The normalized spacial score (nSPS) is 10.4. The first-order valence-corrected chi connectivity index (χ1v) is 8.16. The zero-order valence-electron chi connectivity index (χ0n) is 14.4. The van der Waals surface area contributed by atoms with E-state index in [2.05, 4.69) is 15.6 Å². The molecule has 0 aliphatic heterocycles. The molecule has 0 saturated carbocycles. The molecular formula is C19H20N4O3. The zero-order chi connectivity index (χ0) is 18.4. The fraction of sp³-hybridized carbons (Fsp3) is 0.158. The fourth-order valence-corrected chi connectivity index (χ4v) is 2.59. The zero-order valence-corrected chi connectivity index (χ0v) is 14.4. The number of nitrogens with two attached hydrogens (primary N) is 1. The number of benzene rings is 2. The molecule has 0 spiro atoms. The van der Waals surface area contributed by atoms with Crippen molar-refractivity contribution in [2.24, 2.45) is 5.84 Å². The number of hydrogen-bond acceptors (Lipinski definition) is 5. The lowest BCUT2D eigenvalue weighted by Gasteiger charge is -2.12. The van der Waals surface area contributed by atoms with E-state index in [1.54, 1.807) is 6.92 Å². The molecule has 134 valence electrons. The lowest BCUT2D eigenvalue weighted by molar-refractivity contribution is 0.0953. The predicted octanol–water partition coefficient (Wildman–Crippen LogP) is 2.45. The number of aromatic amines is 1. The number of amides is 1. The Morgan fingerprint density at radius 1 is 1.08 bits per heavy atom. The summed E-state index contributed by atoms with van der Waals surface area (Å²) in [5.41, 5.74) is 4.37. The molecule has 4 N–H and O–H groups in total. The molecule has 0 bridgehead atoms. The monoisotopic (exact) mass is 352 g/mol. The average molecular weight is 352 g/mol. The highest BCUT2D eigenvalue weighted by Crippen LogP contribution is 2.31. The van der Waals surface area contributed by atoms with Gasteiger partial charge < -0.3 is 9.47 Å². The summed E-state index contributed by atoms with van der Waals surface area (Å²) in [4.78, 5) is 12.1. The molecule has 7 nitrogen and oxygen atoms in total. The van der Waals surface area contributed by atoms with Gasteiger partial charge in [-0.3, -0.25) is 15.3 Å². The number of carbonyl (C=O) groups is 1. The molecule has 26 heavy (non-hydrogen) atoms. The second-order valence-corrected chi connectivity index (χ2v) is 5.55. The summed E-state index contributed by atoms with van der Waals surface area (Å²) in [6.07, 6.45) is 0. The highest BCUT2D eigenvalue weighted by molar-refractivity contribution is 6.01.